The highest BCUT2D eigenvalue weighted by molar-refractivity contribution is 5.44. The van der Waals surface area contributed by atoms with Crippen LogP contribution in [-0.4, -0.2) is 30.7 Å². The number of nitrogens with zero attached hydrogens (tertiary/aromatic N) is 1. The third kappa shape index (κ3) is 3.43. The van der Waals surface area contributed by atoms with Crippen LogP contribution in [-0.2, 0) is 0 Å². The van der Waals surface area contributed by atoms with Crippen molar-refractivity contribution >= 4 is 5.69 Å². The average Bonchev–Trinajstić information content (AvgIpc) is 2.25. The molecule has 0 saturated heterocycles. The molecule has 8 heteroatoms. The minimum atomic E-state index is -5.62. The van der Waals surface area contributed by atoms with Gasteiger partial charge >= 0.3 is 12.1 Å². The fourth-order valence-corrected chi connectivity index (χ4v) is 0.890. The molecule has 0 aromatic carbocycles. The highest BCUT2D eigenvalue weighted by Crippen LogP contribution is 2.35. The Kier molecular flexibility index (Phi) is 3.74. The Hall–Kier alpha value is -1.60. The molecular formula is C9H9F5N2O. The number of rotatable bonds is 4. The first kappa shape index (κ1) is 13.5. The van der Waals surface area contributed by atoms with E-state index in [9.17, 15) is 22.0 Å². The van der Waals surface area contributed by atoms with Crippen LogP contribution in [0.1, 0.15) is 0 Å². The number of alkyl halides is 5. The first-order chi connectivity index (χ1) is 7.76. The van der Waals surface area contributed by atoms with E-state index in [1.54, 1.807) is 7.05 Å². The van der Waals surface area contributed by atoms with Gasteiger partial charge in [-0.15, -0.1) is 0 Å². The third-order valence-electron chi connectivity index (χ3n) is 1.84. The second-order valence-electron chi connectivity index (χ2n) is 3.15. The van der Waals surface area contributed by atoms with Gasteiger partial charge in [-0.25, -0.2) is 0 Å². The molecule has 0 atom stereocenters. The molecule has 0 aliphatic carbocycles. The number of pyridine rings is 1. The zero-order chi connectivity index (χ0) is 13.1. The molecule has 0 aliphatic heterocycles. The number of nitrogens with one attached hydrogen (secondary N) is 1. The summed E-state index contributed by atoms with van der Waals surface area (Å²) in [4.78, 5) is 3.60. The number of hydrogen-bond acceptors (Lipinski definition) is 3. The quantitative estimate of drug-likeness (QED) is 0.841. The van der Waals surface area contributed by atoms with Crippen molar-refractivity contribution < 1.29 is 26.7 Å². The molecule has 0 unspecified atom stereocenters. The van der Waals surface area contributed by atoms with Gasteiger partial charge in [-0.1, -0.05) is 0 Å². The number of hydrogen-bond donors (Lipinski definition) is 1. The Morgan fingerprint density at radius 1 is 1.24 bits per heavy atom. The highest BCUT2D eigenvalue weighted by atomic mass is 19.4. The van der Waals surface area contributed by atoms with Crippen LogP contribution in [0, 0.1) is 0 Å². The van der Waals surface area contributed by atoms with Crippen LogP contribution in [0.15, 0.2) is 18.5 Å². The van der Waals surface area contributed by atoms with E-state index in [4.69, 9.17) is 0 Å². The topological polar surface area (TPSA) is 34.2 Å². The summed E-state index contributed by atoms with van der Waals surface area (Å²) >= 11 is 0. The molecule has 0 amide bonds. The molecule has 1 aromatic rings. The highest BCUT2D eigenvalue weighted by Gasteiger charge is 2.58. The van der Waals surface area contributed by atoms with Gasteiger partial charge in [0.25, 0.3) is 0 Å². The van der Waals surface area contributed by atoms with Crippen molar-refractivity contribution in [2.24, 2.45) is 0 Å². The van der Waals surface area contributed by atoms with Gasteiger partial charge in [-0.05, 0) is 0 Å². The zero-order valence-electron chi connectivity index (χ0n) is 8.68. The molecule has 1 N–H and O–H groups in total. The predicted molar refractivity (Wildman–Crippen MR) is 50.3 cm³/mol. The number of ether oxygens (including phenoxy) is 1. The van der Waals surface area contributed by atoms with E-state index in [-0.39, 0.29) is 5.75 Å². The van der Waals surface area contributed by atoms with Crippen LogP contribution >= 0.6 is 0 Å². The Morgan fingerprint density at radius 2 is 1.88 bits per heavy atom. The first-order valence-corrected chi connectivity index (χ1v) is 4.46. The molecule has 0 fully saturated rings. The van der Waals surface area contributed by atoms with Crippen molar-refractivity contribution in [3.63, 3.8) is 0 Å². The summed E-state index contributed by atoms with van der Waals surface area (Å²) in [7, 11) is 1.55. The predicted octanol–water partition coefficient (Wildman–Crippen LogP) is 2.70. The second kappa shape index (κ2) is 4.72. The van der Waals surface area contributed by atoms with Crippen LogP contribution in [0.3, 0.4) is 0 Å². The zero-order valence-corrected chi connectivity index (χ0v) is 8.68. The van der Waals surface area contributed by atoms with E-state index in [2.05, 4.69) is 15.0 Å². The molecule has 1 heterocycles. The molecule has 0 radical (unpaired) electrons. The summed E-state index contributed by atoms with van der Waals surface area (Å²) in [5.41, 5.74) is 0.442. The smallest absolute Gasteiger partial charge is 0.456 e. The summed E-state index contributed by atoms with van der Waals surface area (Å²) in [6.45, 7) is -1.77. The lowest BCUT2D eigenvalue weighted by Gasteiger charge is -2.19. The maximum atomic E-state index is 12.5. The van der Waals surface area contributed by atoms with E-state index >= 15 is 0 Å². The van der Waals surface area contributed by atoms with Crippen molar-refractivity contribution in [1.82, 2.24) is 4.98 Å². The standard InChI is InChI=1S/C9H9F5N2O/c1-15-6-2-7(4-16-3-6)17-5-8(10,11)9(12,13)14/h2-4,15H,5H2,1H3. The molecule has 0 aliphatic rings. The minimum absolute atomic E-state index is 0.166. The molecule has 3 nitrogen and oxygen atoms in total. The maximum Gasteiger partial charge on any atom is 0.456 e. The van der Waals surface area contributed by atoms with Crippen LogP contribution in [0.2, 0.25) is 0 Å². The molecular weight excluding hydrogens is 247 g/mol. The van der Waals surface area contributed by atoms with Gasteiger partial charge in [-0.3, -0.25) is 4.98 Å². The second-order valence-corrected chi connectivity index (χ2v) is 3.15. The molecule has 0 bridgehead atoms. The number of anilines is 1. The lowest BCUT2D eigenvalue weighted by Crippen LogP contribution is -2.41. The van der Waals surface area contributed by atoms with Crippen LogP contribution in [0.5, 0.6) is 5.75 Å². The van der Waals surface area contributed by atoms with Crippen LogP contribution < -0.4 is 10.1 Å². The summed E-state index contributed by atoms with van der Waals surface area (Å²) in [5.74, 6) is -5.05. The summed E-state index contributed by atoms with van der Waals surface area (Å²) in [6, 6.07) is 1.26. The lowest BCUT2D eigenvalue weighted by atomic mass is 10.3. The van der Waals surface area contributed by atoms with Gasteiger partial charge in [0.05, 0.1) is 18.1 Å². The first-order valence-electron chi connectivity index (χ1n) is 4.46. The average molecular weight is 256 g/mol. The minimum Gasteiger partial charge on any atom is -0.485 e. The van der Waals surface area contributed by atoms with E-state index < -0.39 is 18.7 Å². The van der Waals surface area contributed by atoms with Crippen LogP contribution in [0.4, 0.5) is 27.6 Å². The Bertz CT molecular complexity index is 380. The number of halogens is 5. The van der Waals surface area contributed by atoms with Gasteiger partial charge in [0.2, 0.25) is 0 Å². The maximum absolute atomic E-state index is 12.5. The van der Waals surface area contributed by atoms with E-state index in [1.807, 2.05) is 0 Å². The SMILES string of the molecule is CNc1cncc(OCC(F)(F)C(F)(F)F)c1. The normalized spacial score (nSPS) is 12.4. The van der Waals surface area contributed by atoms with Gasteiger partial charge in [0.1, 0.15) is 5.75 Å². The largest absolute Gasteiger partial charge is 0.485 e. The summed E-state index contributed by atoms with van der Waals surface area (Å²) < 4.78 is 64.9. The van der Waals surface area contributed by atoms with Crippen molar-refractivity contribution in [3.05, 3.63) is 18.5 Å². The number of aromatic nitrogens is 1. The van der Waals surface area contributed by atoms with Crippen molar-refractivity contribution in [3.8, 4) is 5.75 Å². The summed E-state index contributed by atoms with van der Waals surface area (Å²) in [6.07, 6.45) is -3.21. The lowest BCUT2D eigenvalue weighted by molar-refractivity contribution is -0.290. The van der Waals surface area contributed by atoms with Gasteiger partial charge in [0.15, 0.2) is 6.61 Å². The monoisotopic (exact) mass is 256 g/mol. The van der Waals surface area contributed by atoms with E-state index in [0.29, 0.717) is 5.69 Å². The molecule has 0 spiro atoms. The fourth-order valence-electron chi connectivity index (χ4n) is 0.890. The fraction of sp³-hybridized carbons (Fsp3) is 0.444. The van der Waals surface area contributed by atoms with E-state index in [1.165, 1.54) is 12.3 Å². The molecule has 17 heavy (non-hydrogen) atoms. The van der Waals surface area contributed by atoms with Crippen LogP contribution in [0.25, 0.3) is 0 Å². The molecule has 0 saturated carbocycles. The van der Waals surface area contributed by atoms with Crippen molar-refractivity contribution in [1.29, 1.82) is 0 Å². The third-order valence-corrected chi connectivity index (χ3v) is 1.84. The Labute approximate surface area is 93.6 Å². The molecule has 1 rings (SSSR count). The summed E-state index contributed by atoms with van der Waals surface area (Å²) in [5, 5.41) is 2.64. The van der Waals surface area contributed by atoms with Gasteiger partial charge < -0.3 is 10.1 Å². The molecule has 96 valence electrons. The van der Waals surface area contributed by atoms with Crippen molar-refractivity contribution in [2.75, 3.05) is 19.0 Å². The Morgan fingerprint density at radius 3 is 2.41 bits per heavy atom. The Balaban J connectivity index is 2.67. The molecule has 1 aromatic heterocycles. The van der Waals surface area contributed by atoms with Crippen molar-refractivity contribution in [2.45, 2.75) is 12.1 Å². The van der Waals surface area contributed by atoms with Gasteiger partial charge in [0, 0.05) is 13.1 Å². The van der Waals surface area contributed by atoms with Gasteiger partial charge in [-0.2, -0.15) is 22.0 Å². The van der Waals surface area contributed by atoms with E-state index in [0.717, 1.165) is 6.20 Å².